The van der Waals surface area contributed by atoms with Gasteiger partial charge in [-0.05, 0) is 12.0 Å². The van der Waals surface area contributed by atoms with Crippen LogP contribution in [0.4, 0.5) is 5.82 Å². The van der Waals surface area contributed by atoms with Crippen molar-refractivity contribution < 1.29 is 20.1 Å². The van der Waals surface area contributed by atoms with Gasteiger partial charge in [0.25, 0.3) is 0 Å². The number of nitrogen functional groups attached to an aromatic ring is 1. The molecule has 1 saturated heterocycles. The van der Waals surface area contributed by atoms with Crippen LogP contribution in [0.2, 0.25) is 0 Å². The van der Waals surface area contributed by atoms with E-state index in [2.05, 4.69) is 15.0 Å². The number of hydrogen-bond acceptors (Lipinski definition) is 8. The third-order valence-electron chi connectivity index (χ3n) is 5.67. The highest BCUT2D eigenvalue weighted by Gasteiger charge is 2.60. The van der Waals surface area contributed by atoms with Crippen molar-refractivity contribution in [2.45, 2.75) is 49.7 Å². The highest BCUT2D eigenvalue weighted by molar-refractivity contribution is 5.81. The number of nitrogens with two attached hydrogens (primary N) is 1. The summed E-state index contributed by atoms with van der Waals surface area (Å²) in [6.45, 7) is 1.61. The van der Waals surface area contributed by atoms with Gasteiger partial charge in [-0.2, -0.15) is 0 Å². The van der Waals surface area contributed by atoms with Crippen LogP contribution in [0.15, 0.2) is 43.0 Å². The molecule has 9 heteroatoms. The van der Waals surface area contributed by atoms with Gasteiger partial charge in [-0.1, -0.05) is 43.7 Å². The molecule has 4 rings (SSSR count). The molecule has 0 aliphatic carbocycles. The summed E-state index contributed by atoms with van der Waals surface area (Å²) in [5.41, 5.74) is 6.23. The molecule has 29 heavy (non-hydrogen) atoms. The maximum absolute atomic E-state index is 11.3. The molecule has 5 N–H and O–H groups in total. The molecule has 0 spiro atoms. The first-order valence-corrected chi connectivity index (χ1v) is 9.68. The maximum Gasteiger partial charge on any atom is 0.183 e. The average molecular weight is 399 g/mol. The first-order chi connectivity index (χ1) is 14.0. The van der Waals surface area contributed by atoms with Crippen LogP contribution in [0.1, 0.15) is 31.2 Å². The fourth-order valence-corrected chi connectivity index (χ4v) is 4.33. The zero-order valence-corrected chi connectivity index (χ0v) is 16.1. The number of rotatable bonds is 6. The zero-order valence-electron chi connectivity index (χ0n) is 16.1. The van der Waals surface area contributed by atoms with Crippen LogP contribution in [-0.4, -0.2) is 59.8 Å². The van der Waals surface area contributed by atoms with Gasteiger partial charge in [0.15, 0.2) is 17.2 Å². The van der Waals surface area contributed by atoms with Crippen molar-refractivity contribution in [2.75, 3.05) is 12.3 Å². The lowest BCUT2D eigenvalue weighted by Crippen LogP contribution is -2.50. The number of nitrogens with zero attached hydrogens (tertiary/aromatic N) is 4. The number of aliphatic hydroxyl groups excluding tert-OH is 3. The SMILES string of the molecule is CCC[C@@H](c1ccccc1)[C@@]1(n2cnc3c(N)ncnc32)O[C@H](CO)[C@@H](O)[C@H]1O. The summed E-state index contributed by atoms with van der Waals surface area (Å²) in [4.78, 5) is 12.6. The second kappa shape index (κ2) is 7.68. The van der Waals surface area contributed by atoms with Crippen molar-refractivity contribution in [1.29, 1.82) is 0 Å². The number of aromatic nitrogens is 4. The molecule has 0 unspecified atom stereocenters. The minimum Gasteiger partial charge on any atom is -0.394 e. The Kier molecular flexibility index (Phi) is 5.22. The van der Waals surface area contributed by atoms with E-state index in [0.29, 0.717) is 17.6 Å². The van der Waals surface area contributed by atoms with Gasteiger partial charge in [-0.15, -0.1) is 0 Å². The summed E-state index contributed by atoms with van der Waals surface area (Å²) in [7, 11) is 0. The van der Waals surface area contributed by atoms with Gasteiger partial charge < -0.3 is 25.8 Å². The zero-order chi connectivity index (χ0) is 20.6. The van der Waals surface area contributed by atoms with E-state index in [-0.39, 0.29) is 11.7 Å². The van der Waals surface area contributed by atoms with Crippen molar-refractivity contribution in [3.05, 3.63) is 48.5 Å². The van der Waals surface area contributed by atoms with E-state index in [1.165, 1.54) is 12.7 Å². The summed E-state index contributed by atoms with van der Waals surface area (Å²) >= 11 is 0. The molecule has 5 atom stereocenters. The summed E-state index contributed by atoms with van der Waals surface area (Å²) in [5, 5.41) is 31.7. The van der Waals surface area contributed by atoms with Gasteiger partial charge in [-0.3, -0.25) is 4.57 Å². The molecule has 1 aliphatic rings. The highest BCUT2D eigenvalue weighted by Crippen LogP contribution is 2.49. The molecule has 154 valence electrons. The smallest absolute Gasteiger partial charge is 0.183 e. The Morgan fingerprint density at radius 1 is 1.21 bits per heavy atom. The Balaban J connectivity index is 1.98. The first-order valence-electron chi connectivity index (χ1n) is 9.68. The molecule has 0 bridgehead atoms. The van der Waals surface area contributed by atoms with Gasteiger partial charge in [-0.25, -0.2) is 15.0 Å². The van der Waals surface area contributed by atoms with Crippen LogP contribution in [0.5, 0.6) is 0 Å². The molecule has 1 fully saturated rings. The topological polar surface area (TPSA) is 140 Å². The number of aliphatic hydroxyl groups is 3. The summed E-state index contributed by atoms with van der Waals surface area (Å²) in [6, 6.07) is 9.66. The Labute approximate surface area is 167 Å². The molecule has 0 radical (unpaired) electrons. The van der Waals surface area contributed by atoms with Gasteiger partial charge in [0, 0.05) is 5.92 Å². The molecule has 1 aliphatic heterocycles. The molecule has 0 amide bonds. The standard InChI is InChI=1S/C20H25N5O4/c1-2-6-13(12-7-4-3-5-8-12)20(17(28)16(27)14(9-26)29-20)25-11-24-15-18(21)22-10-23-19(15)25/h3-5,7-8,10-11,13-14,16-17,26-28H,2,6,9H2,1H3,(H2,21,22,23)/t13-,14+,16+,17+,20+/m0/s1. The van der Waals surface area contributed by atoms with Gasteiger partial charge >= 0.3 is 0 Å². The molecule has 3 aromatic rings. The normalized spacial score (nSPS) is 28.1. The lowest BCUT2D eigenvalue weighted by Gasteiger charge is -2.41. The minimum absolute atomic E-state index is 0.211. The third-order valence-corrected chi connectivity index (χ3v) is 5.67. The largest absolute Gasteiger partial charge is 0.394 e. The lowest BCUT2D eigenvalue weighted by atomic mass is 9.80. The van der Waals surface area contributed by atoms with Gasteiger partial charge in [0.05, 0.1) is 12.9 Å². The molecular weight excluding hydrogens is 374 g/mol. The Morgan fingerprint density at radius 2 is 1.97 bits per heavy atom. The van der Waals surface area contributed by atoms with Crippen LogP contribution in [-0.2, 0) is 10.5 Å². The summed E-state index contributed by atoms with van der Waals surface area (Å²) < 4.78 is 7.88. The lowest BCUT2D eigenvalue weighted by molar-refractivity contribution is -0.164. The van der Waals surface area contributed by atoms with E-state index >= 15 is 0 Å². The van der Waals surface area contributed by atoms with E-state index < -0.39 is 30.6 Å². The number of anilines is 1. The maximum atomic E-state index is 11.3. The predicted molar refractivity (Wildman–Crippen MR) is 106 cm³/mol. The Hall–Kier alpha value is -2.59. The van der Waals surface area contributed by atoms with Crippen molar-refractivity contribution in [1.82, 2.24) is 19.5 Å². The predicted octanol–water partition coefficient (Wildman–Crippen LogP) is 0.758. The average Bonchev–Trinajstić information content (AvgIpc) is 3.29. The molecule has 2 aromatic heterocycles. The molecule has 1 aromatic carbocycles. The third kappa shape index (κ3) is 2.98. The quantitative estimate of drug-likeness (QED) is 0.476. The fourth-order valence-electron chi connectivity index (χ4n) is 4.33. The van der Waals surface area contributed by atoms with E-state index in [9.17, 15) is 15.3 Å². The monoisotopic (exact) mass is 399 g/mol. The van der Waals surface area contributed by atoms with Crippen molar-refractivity contribution in [3.8, 4) is 0 Å². The van der Waals surface area contributed by atoms with Crippen LogP contribution < -0.4 is 5.73 Å². The van der Waals surface area contributed by atoms with Crippen molar-refractivity contribution >= 4 is 17.0 Å². The summed E-state index contributed by atoms with van der Waals surface area (Å²) in [5.74, 6) is -0.133. The molecule has 0 saturated carbocycles. The van der Waals surface area contributed by atoms with E-state index in [4.69, 9.17) is 10.5 Å². The van der Waals surface area contributed by atoms with E-state index in [1.54, 1.807) is 4.57 Å². The number of hydrogen-bond donors (Lipinski definition) is 4. The van der Waals surface area contributed by atoms with Gasteiger partial charge in [0.2, 0.25) is 0 Å². The van der Waals surface area contributed by atoms with Crippen molar-refractivity contribution in [3.63, 3.8) is 0 Å². The van der Waals surface area contributed by atoms with Gasteiger partial charge in [0.1, 0.15) is 30.2 Å². The van der Waals surface area contributed by atoms with E-state index in [1.807, 2.05) is 37.3 Å². The minimum atomic E-state index is -1.43. The number of imidazole rings is 1. The highest BCUT2D eigenvalue weighted by atomic mass is 16.6. The number of fused-ring (bicyclic) bond motifs is 1. The fraction of sp³-hybridized carbons (Fsp3) is 0.450. The van der Waals surface area contributed by atoms with Crippen LogP contribution in [0, 0.1) is 0 Å². The summed E-state index contributed by atoms with van der Waals surface area (Å²) in [6.07, 6.45) is 0.723. The second-order valence-electron chi connectivity index (χ2n) is 7.32. The number of benzene rings is 1. The molecule has 3 heterocycles. The van der Waals surface area contributed by atoms with Crippen molar-refractivity contribution in [2.24, 2.45) is 0 Å². The molecular formula is C20H25N5O4. The van der Waals surface area contributed by atoms with Crippen LogP contribution in [0.25, 0.3) is 11.2 Å². The van der Waals surface area contributed by atoms with Crippen LogP contribution in [0.3, 0.4) is 0 Å². The van der Waals surface area contributed by atoms with E-state index in [0.717, 1.165) is 12.0 Å². The Bertz CT molecular complexity index is 981. The number of ether oxygens (including phenoxy) is 1. The first kappa shape index (κ1) is 19.7. The van der Waals surface area contributed by atoms with Crippen LogP contribution >= 0.6 is 0 Å². The Morgan fingerprint density at radius 3 is 2.62 bits per heavy atom. The molecule has 9 nitrogen and oxygen atoms in total. The second-order valence-corrected chi connectivity index (χ2v) is 7.32.